The molecule has 0 unspecified atom stereocenters. The van der Waals surface area contributed by atoms with Gasteiger partial charge in [-0.25, -0.2) is 4.39 Å². The van der Waals surface area contributed by atoms with E-state index < -0.39 is 0 Å². The minimum absolute atomic E-state index is 0.215. The van der Waals surface area contributed by atoms with E-state index in [9.17, 15) is 4.39 Å². The van der Waals surface area contributed by atoms with Crippen molar-refractivity contribution in [1.82, 2.24) is 5.32 Å². The zero-order valence-electron chi connectivity index (χ0n) is 12.4. The minimum atomic E-state index is -0.215. The lowest BCUT2D eigenvalue weighted by Gasteiger charge is -2.23. The van der Waals surface area contributed by atoms with Crippen LogP contribution in [0.2, 0.25) is 0 Å². The maximum atomic E-state index is 13.1. The Bertz CT molecular complexity index is 584. The molecule has 0 aromatic heterocycles. The van der Waals surface area contributed by atoms with Crippen molar-refractivity contribution in [2.45, 2.75) is 19.9 Å². The number of hydrogen-bond donors (Lipinski definition) is 1. The molecule has 0 aliphatic rings. The summed E-state index contributed by atoms with van der Waals surface area (Å²) >= 11 is 3.52. The number of anilines is 2. The first-order valence-electron chi connectivity index (χ1n) is 7.10. The van der Waals surface area contributed by atoms with Crippen molar-refractivity contribution < 1.29 is 4.39 Å². The molecule has 0 spiro atoms. The van der Waals surface area contributed by atoms with E-state index in [0.29, 0.717) is 0 Å². The number of halogens is 2. The largest absolute Gasteiger partial charge is 0.344 e. The fraction of sp³-hybridized carbons (Fsp3) is 0.294. The molecule has 2 aromatic carbocycles. The van der Waals surface area contributed by atoms with Gasteiger partial charge in [0.05, 0.1) is 0 Å². The second kappa shape index (κ2) is 7.57. The van der Waals surface area contributed by atoms with Gasteiger partial charge in [-0.2, -0.15) is 0 Å². The zero-order valence-corrected chi connectivity index (χ0v) is 14.0. The van der Waals surface area contributed by atoms with E-state index in [4.69, 9.17) is 0 Å². The van der Waals surface area contributed by atoms with Crippen molar-refractivity contribution >= 4 is 27.3 Å². The SMILES string of the molecule is CCCNCc1cc(Br)ccc1N(C)c1ccc(F)cc1. The molecular formula is C17H20BrFN2. The number of rotatable bonds is 6. The van der Waals surface area contributed by atoms with E-state index in [2.05, 4.69) is 45.2 Å². The highest BCUT2D eigenvalue weighted by Gasteiger charge is 2.10. The molecule has 112 valence electrons. The first-order chi connectivity index (χ1) is 10.1. The molecule has 0 atom stereocenters. The average Bonchev–Trinajstić information content (AvgIpc) is 2.48. The fourth-order valence-electron chi connectivity index (χ4n) is 2.23. The topological polar surface area (TPSA) is 15.3 Å². The molecule has 0 fully saturated rings. The molecule has 1 N–H and O–H groups in total. The van der Waals surface area contributed by atoms with Crippen molar-refractivity contribution in [1.29, 1.82) is 0 Å². The van der Waals surface area contributed by atoms with Crippen LogP contribution in [-0.4, -0.2) is 13.6 Å². The molecule has 21 heavy (non-hydrogen) atoms. The van der Waals surface area contributed by atoms with E-state index in [1.54, 1.807) is 12.1 Å². The average molecular weight is 351 g/mol. The summed E-state index contributed by atoms with van der Waals surface area (Å²) in [6, 6.07) is 12.8. The highest BCUT2D eigenvalue weighted by atomic mass is 79.9. The third kappa shape index (κ3) is 4.29. The minimum Gasteiger partial charge on any atom is -0.344 e. The molecule has 0 saturated carbocycles. The summed E-state index contributed by atoms with van der Waals surface area (Å²) in [5.41, 5.74) is 3.30. The Morgan fingerprint density at radius 2 is 1.86 bits per heavy atom. The smallest absolute Gasteiger partial charge is 0.123 e. The number of nitrogens with one attached hydrogen (secondary N) is 1. The maximum Gasteiger partial charge on any atom is 0.123 e. The van der Waals surface area contributed by atoms with E-state index in [1.807, 2.05) is 13.1 Å². The molecule has 0 aliphatic carbocycles. The molecule has 2 aromatic rings. The van der Waals surface area contributed by atoms with Crippen LogP contribution >= 0.6 is 15.9 Å². The lowest BCUT2D eigenvalue weighted by atomic mass is 10.1. The lowest BCUT2D eigenvalue weighted by molar-refractivity contribution is 0.628. The molecule has 2 rings (SSSR count). The van der Waals surface area contributed by atoms with E-state index in [1.165, 1.54) is 17.7 Å². The van der Waals surface area contributed by atoms with Gasteiger partial charge in [0.25, 0.3) is 0 Å². The van der Waals surface area contributed by atoms with Crippen LogP contribution in [-0.2, 0) is 6.54 Å². The molecule has 0 radical (unpaired) electrons. The normalized spacial score (nSPS) is 10.7. The lowest BCUT2D eigenvalue weighted by Crippen LogP contribution is -2.18. The zero-order chi connectivity index (χ0) is 15.2. The van der Waals surface area contributed by atoms with Crippen LogP contribution in [0, 0.1) is 5.82 Å². The molecular weight excluding hydrogens is 331 g/mol. The first kappa shape index (κ1) is 16.0. The first-order valence-corrected chi connectivity index (χ1v) is 7.89. The van der Waals surface area contributed by atoms with Crippen LogP contribution in [0.1, 0.15) is 18.9 Å². The highest BCUT2D eigenvalue weighted by Crippen LogP contribution is 2.29. The summed E-state index contributed by atoms with van der Waals surface area (Å²) in [5.74, 6) is -0.215. The van der Waals surface area contributed by atoms with Crippen LogP contribution in [0.15, 0.2) is 46.9 Å². The van der Waals surface area contributed by atoms with E-state index in [-0.39, 0.29) is 5.82 Å². The monoisotopic (exact) mass is 350 g/mol. The van der Waals surface area contributed by atoms with Gasteiger partial charge in [-0.15, -0.1) is 0 Å². The van der Waals surface area contributed by atoms with Gasteiger partial charge in [-0.05, 0) is 61.0 Å². The van der Waals surface area contributed by atoms with E-state index >= 15 is 0 Å². The Morgan fingerprint density at radius 3 is 2.52 bits per heavy atom. The summed E-state index contributed by atoms with van der Waals surface area (Å²) < 4.78 is 14.1. The Hall–Kier alpha value is -1.39. The number of benzene rings is 2. The third-order valence-corrected chi connectivity index (χ3v) is 3.85. The van der Waals surface area contributed by atoms with Crippen LogP contribution in [0.25, 0.3) is 0 Å². The Balaban J connectivity index is 2.26. The van der Waals surface area contributed by atoms with Gasteiger partial charge in [0.2, 0.25) is 0 Å². The predicted octanol–water partition coefficient (Wildman–Crippen LogP) is 4.86. The molecule has 2 nitrogen and oxygen atoms in total. The van der Waals surface area contributed by atoms with Crippen molar-refractivity contribution in [3.63, 3.8) is 0 Å². The van der Waals surface area contributed by atoms with Gasteiger partial charge in [0.15, 0.2) is 0 Å². The van der Waals surface area contributed by atoms with Gasteiger partial charge in [-0.3, -0.25) is 0 Å². The molecule has 0 heterocycles. The Kier molecular flexibility index (Phi) is 5.76. The number of nitrogens with zero attached hydrogens (tertiary/aromatic N) is 1. The Morgan fingerprint density at radius 1 is 1.14 bits per heavy atom. The van der Waals surface area contributed by atoms with Crippen molar-refractivity contribution in [3.05, 3.63) is 58.3 Å². The standard InChI is InChI=1S/C17H20BrFN2/c1-3-10-20-12-13-11-14(18)4-9-17(13)21(2)16-7-5-15(19)6-8-16/h4-9,11,20H,3,10,12H2,1-2H3. The molecule has 4 heteroatoms. The Labute approximate surface area is 134 Å². The van der Waals surface area contributed by atoms with Crippen LogP contribution in [0.4, 0.5) is 15.8 Å². The van der Waals surface area contributed by atoms with Crippen molar-refractivity contribution in [2.24, 2.45) is 0 Å². The summed E-state index contributed by atoms with van der Waals surface area (Å²) in [5, 5.41) is 3.43. The second-order valence-electron chi connectivity index (χ2n) is 4.99. The number of hydrogen-bond acceptors (Lipinski definition) is 2. The molecule has 0 saturated heterocycles. The molecule has 0 aliphatic heterocycles. The van der Waals surface area contributed by atoms with E-state index in [0.717, 1.165) is 35.4 Å². The van der Waals surface area contributed by atoms with Crippen molar-refractivity contribution in [2.75, 3.05) is 18.5 Å². The second-order valence-corrected chi connectivity index (χ2v) is 5.90. The molecule has 0 amide bonds. The highest BCUT2D eigenvalue weighted by molar-refractivity contribution is 9.10. The summed E-state index contributed by atoms with van der Waals surface area (Å²) in [7, 11) is 2.00. The van der Waals surface area contributed by atoms with Crippen LogP contribution in [0.5, 0.6) is 0 Å². The van der Waals surface area contributed by atoms with Crippen LogP contribution in [0.3, 0.4) is 0 Å². The maximum absolute atomic E-state index is 13.1. The van der Waals surface area contributed by atoms with Crippen molar-refractivity contribution in [3.8, 4) is 0 Å². The fourth-order valence-corrected chi connectivity index (χ4v) is 2.63. The van der Waals surface area contributed by atoms with Crippen LogP contribution < -0.4 is 10.2 Å². The van der Waals surface area contributed by atoms with Gasteiger partial charge < -0.3 is 10.2 Å². The van der Waals surface area contributed by atoms with Gasteiger partial charge in [0.1, 0.15) is 5.82 Å². The van der Waals surface area contributed by atoms with Gasteiger partial charge in [0, 0.05) is 29.4 Å². The van der Waals surface area contributed by atoms with Gasteiger partial charge in [-0.1, -0.05) is 22.9 Å². The quantitative estimate of drug-likeness (QED) is 0.748. The molecule has 0 bridgehead atoms. The summed E-state index contributed by atoms with van der Waals surface area (Å²) in [4.78, 5) is 2.08. The summed E-state index contributed by atoms with van der Waals surface area (Å²) in [6.45, 7) is 3.96. The third-order valence-electron chi connectivity index (χ3n) is 3.36. The summed E-state index contributed by atoms with van der Waals surface area (Å²) in [6.07, 6.45) is 1.11. The van der Waals surface area contributed by atoms with Gasteiger partial charge >= 0.3 is 0 Å². The predicted molar refractivity (Wildman–Crippen MR) is 90.6 cm³/mol.